The number of carbonyl (C=O) groups is 1. The van der Waals surface area contributed by atoms with Crippen molar-refractivity contribution in [1.29, 1.82) is 0 Å². The maximum Gasteiger partial charge on any atom is 0.416 e. The fraction of sp³-hybridized carbons (Fsp3) is 0.214. The van der Waals surface area contributed by atoms with E-state index in [4.69, 9.17) is 12.2 Å². The summed E-state index contributed by atoms with van der Waals surface area (Å²) in [6, 6.07) is 4.14. The number of alkyl halides is 3. The number of rotatable bonds is 3. The van der Waals surface area contributed by atoms with Gasteiger partial charge in [-0.1, -0.05) is 12.1 Å². The predicted molar refractivity (Wildman–Crippen MR) is 84.3 cm³/mol. The van der Waals surface area contributed by atoms with Gasteiger partial charge in [0.1, 0.15) is 6.04 Å². The van der Waals surface area contributed by atoms with Crippen molar-refractivity contribution in [1.82, 2.24) is 10.3 Å². The Morgan fingerprint density at radius 3 is 2.57 bits per heavy atom. The minimum absolute atomic E-state index is 0.249. The second-order valence-corrected chi connectivity index (χ2v) is 6.15. The number of aromatic nitrogens is 1. The molecule has 2 heterocycles. The van der Waals surface area contributed by atoms with E-state index in [1.165, 1.54) is 28.4 Å². The van der Waals surface area contributed by atoms with Crippen molar-refractivity contribution in [3.63, 3.8) is 0 Å². The van der Waals surface area contributed by atoms with Gasteiger partial charge >= 0.3 is 6.18 Å². The number of amides is 1. The summed E-state index contributed by atoms with van der Waals surface area (Å²) >= 11 is 6.42. The minimum atomic E-state index is -4.37. The lowest BCUT2D eigenvalue weighted by Gasteiger charge is -2.11. The monoisotopic (exact) mass is 357 g/mol. The number of hydrogen-bond donors (Lipinski definition) is 1. The van der Waals surface area contributed by atoms with E-state index < -0.39 is 17.8 Å². The summed E-state index contributed by atoms with van der Waals surface area (Å²) in [5, 5.41) is 5.34. The van der Waals surface area contributed by atoms with Gasteiger partial charge < -0.3 is 5.32 Å². The van der Waals surface area contributed by atoms with Gasteiger partial charge in [0.15, 0.2) is 10.2 Å². The van der Waals surface area contributed by atoms with Gasteiger partial charge in [-0.15, -0.1) is 11.3 Å². The molecule has 2 aromatic rings. The zero-order valence-electron chi connectivity index (χ0n) is 11.5. The van der Waals surface area contributed by atoms with Gasteiger partial charge in [-0.2, -0.15) is 13.2 Å². The first kappa shape index (κ1) is 15.9. The molecule has 0 aliphatic carbocycles. The number of halogens is 3. The van der Waals surface area contributed by atoms with Gasteiger partial charge in [-0.3, -0.25) is 4.79 Å². The van der Waals surface area contributed by atoms with Crippen molar-refractivity contribution in [3.8, 4) is 0 Å². The molecule has 0 radical (unpaired) electrons. The van der Waals surface area contributed by atoms with Crippen LogP contribution < -0.4 is 10.2 Å². The summed E-state index contributed by atoms with van der Waals surface area (Å²) in [6.07, 6.45) is -2.55. The van der Waals surface area contributed by atoms with E-state index >= 15 is 0 Å². The Morgan fingerprint density at radius 2 is 2.00 bits per heavy atom. The molecule has 120 valence electrons. The number of nitrogens with one attached hydrogen (secondary N) is 1. The van der Waals surface area contributed by atoms with Gasteiger partial charge in [0, 0.05) is 18.0 Å². The fourth-order valence-corrected chi connectivity index (χ4v) is 3.27. The predicted octanol–water partition coefficient (Wildman–Crippen LogP) is 2.99. The summed E-state index contributed by atoms with van der Waals surface area (Å²) in [7, 11) is 0. The van der Waals surface area contributed by atoms with Crippen LogP contribution in [-0.4, -0.2) is 22.0 Å². The number of thiazole rings is 1. The van der Waals surface area contributed by atoms with Crippen molar-refractivity contribution in [2.45, 2.75) is 18.6 Å². The molecule has 9 heteroatoms. The van der Waals surface area contributed by atoms with E-state index in [2.05, 4.69) is 10.3 Å². The summed E-state index contributed by atoms with van der Waals surface area (Å²) in [4.78, 5) is 17.8. The number of hydrogen-bond acceptors (Lipinski definition) is 4. The van der Waals surface area contributed by atoms with Crippen LogP contribution in [0.4, 0.5) is 18.3 Å². The Balaban J connectivity index is 1.74. The van der Waals surface area contributed by atoms with Crippen LogP contribution in [0, 0.1) is 0 Å². The van der Waals surface area contributed by atoms with Crippen LogP contribution in [0.25, 0.3) is 0 Å². The minimum Gasteiger partial charge on any atom is -0.350 e. The first-order valence-electron chi connectivity index (χ1n) is 6.56. The lowest BCUT2D eigenvalue weighted by Crippen LogP contribution is -2.32. The Kier molecular flexibility index (Phi) is 4.07. The van der Waals surface area contributed by atoms with E-state index in [9.17, 15) is 18.0 Å². The Hall–Kier alpha value is -2.00. The SMILES string of the molecule is O=C1C(Cc2ccc(C(F)(F)F)cc2)NC(=S)N1c1nccs1. The summed E-state index contributed by atoms with van der Waals surface area (Å²) < 4.78 is 37.7. The number of nitrogens with zero attached hydrogens (tertiary/aromatic N) is 2. The highest BCUT2D eigenvalue weighted by atomic mass is 32.1. The summed E-state index contributed by atoms with van der Waals surface area (Å²) in [6.45, 7) is 0. The first-order valence-corrected chi connectivity index (χ1v) is 7.85. The van der Waals surface area contributed by atoms with E-state index in [-0.39, 0.29) is 17.4 Å². The molecular weight excluding hydrogens is 347 g/mol. The Bertz CT molecular complexity index is 729. The molecule has 1 aliphatic rings. The van der Waals surface area contributed by atoms with E-state index in [0.717, 1.165) is 12.1 Å². The van der Waals surface area contributed by atoms with Gasteiger partial charge in [-0.25, -0.2) is 9.88 Å². The molecule has 23 heavy (non-hydrogen) atoms. The average Bonchev–Trinajstić information content (AvgIpc) is 3.08. The molecule has 1 aromatic carbocycles. The maximum atomic E-state index is 12.6. The zero-order chi connectivity index (χ0) is 16.6. The fourth-order valence-electron chi connectivity index (χ4n) is 2.24. The van der Waals surface area contributed by atoms with Crippen LogP contribution in [0.5, 0.6) is 0 Å². The van der Waals surface area contributed by atoms with Crippen LogP contribution in [-0.2, 0) is 17.4 Å². The smallest absolute Gasteiger partial charge is 0.350 e. The highest BCUT2D eigenvalue weighted by Crippen LogP contribution is 2.29. The summed E-state index contributed by atoms with van der Waals surface area (Å²) in [5.74, 6) is -0.259. The molecular formula is C14H10F3N3OS2. The second kappa shape index (κ2) is 5.89. The van der Waals surface area contributed by atoms with Crippen LogP contribution in [0.3, 0.4) is 0 Å². The molecule has 1 fully saturated rings. The van der Waals surface area contributed by atoms with Crippen molar-refractivity contribution < 1.29 is 18.0 Å². The van der Waals surface area contributed by atoms with Crippen LogP contribution in [0.15, 0.2) is 35.8 Å². The highest BCUT2D eigenvalue weighted by Gasteiger charge is 2.37. The van der Waals surface area contributed by atoms with Crippen molar-refractivity contribution in [3.05, 3.63) is 47.0 Å². The first-order chi connectivity index (χ1) is 10.9. The van der Waals surface area contributed by atoms with Gasteiger partial charge in [0.05, 0.1) is 5.56 Å². The van der Waals surface area contributed by atoms with Gasteiger partial charge in [0.25, 0.3) is 5.91 Å². The van der Waals surface area contributed by atoms with Crippen molar-refractivity contribution in [2.24, 2.45) is 0 Å². The van der Waals surface area contributed by atoms with Crippen LogP contribution >= 0.6 is 23.6 Å². The van der Waals surface area contributed by atoms with Crippen LogP contribution in [0.2, 0.25) is 0 Å². The molecule has 3 rings (SSSR count). The number of anilines is 1. The van der Waals surface area contributed by atoms with Crippen molar-refractivity contribution in [2.75, 3.05) is 4.90 Å². The topological polar surface area (TPSA) is 45.2 Å². The molecule has 0 bridgehead atoms. The number of thiocarbonyl (C=S) groups is 1. The third kappa shape index (κ3) is 3.20. The third-order valence-corrected chi connectivity index (χ3v) is 4.41. The molecule has 0 spiro atoms. The van der Waals surface area contributed by atoms with Gasteiger partial charge in [0.2, 0.25) is 0 Å². The normalized spacial score (nSPS) is 18.4. The van der Waals surface area contributed by atoms with E-state index in [0.29, 0.717) is 10.7 Å². The highest BCUT2D eigenvalue weighted by molar-refractivity contribution is 7.80. The molecule has 1 atom stereocenters. The molecule has 1 unspecified atom stereocenters. The largest absolute Gasteiger partial charge is 0.416 e. The molecule has 4 nitrogen and oxygen atoms in total. The van der Waals surface area contributed by atoms with Gasteiger partial charge in [-0.05, 0) is 29.9 Å². The second-order valence-electron chi connectivity index (χ2n) is 4.89. The Morgan fingerprint density at radius 1 is 1.30 bits per heavy atom. The van der Waals surface area contributed by atoms with E-state index in [1.807, 2.05) is 0 Å². The molecule has 1 aromatic heterocycles. The molecule has 0 saturated carbocycles. The van der Waals surface area contributed by atoms with Crippen LogP contribution in [0.1, 0.15) is 11.1 Å². The maximum absolute atomic E-state index is 12.6. The summed E-state index contributed by atoms with van der Waals surface area (Å²) in [5.41, 5.74) is -0.0977. The van der Waals surface area contributed by atoms with E-state index in [1.54, 1.807) is 11.6 Å². The number of benzene rings is 1. The average molecular weight is 357 g/mol. The lowest BCUT2D eigenvalue weighted by molar-refractivity contribution is -0.137. The molecule has 1 saturated heterocycles. The molecule has 1 N–H and O–H groups in total. The Labute approximate surface area is 138 Å². The molecule has 1 amide bonds. The third-order valence-electron chi connectivity index (χ3n) is 3.35. The molecule has 1 aliphatic heterocycles. The van der Waals surface area contributed by atoms with Crippen molar-refractivity contribution >= 4 is 39.7 Å². The zero-order valence-corrected chi connectivity index (χ0v) is 13.1. The quantitative estimate of drug-likeness (QED) is 0.858. The standard InChI is InChI=1S/C14H10F3N3OS2/c15-14(16,17)9-3-1-8(2-4-9)7-10-11(21)20(12(22)19-10)13-18-5-6-23-13/h1-6,10H,7H2,(H,19,22). The lowest BCUT2D eigenvalue weighted by atomic mass is 10.0. The number of carbonyl (C=O) groups excluding carboxylic acids is 1.